The van der Waals surface area contributed by atoms with Crippen molar-refractivity contribution < 1.29 is 4.74 Å². The van der Waals surface area contributed by atoms with E-state index in [1.54, 1.807) is 7.11 Å². The van der Waals surface area contributed by atoms with E-state index in [1.807, 2.05) is 62.4 Å². The number of rotatable bonds is 3. The highest BCUT2D eigenvalue weighted by atomic mass is 16.5. The Morgan fingerprint density at radius 2 is 1.65 bits per heavy atom. The number of hydrogen-bond donors (Lipinski definition) is 0. The number of ether oxygens (including phenoxy) is 1. The zero-order valence-corrected chi connectivity index (χ0v) is 15.0. The zero-order valence-electron chi connectivity index (χ0n) is 15.0. The monoisotopic (exact) mass is 341 g/mol. The van der Waals surface area contributed by atoms with Crippen LogP contribution in [0.3, 0.4) is 0 Å². The Morgan fingerprint density at radius 3 is 2.42 bits per heavy atom. The van der Waals surface area contributed by atoms with Crippen LogP contribution < -0.4 is 4.74 Å². The zero-order chi connectivity index (χ0) is 18.1. The summed E-state index contributed by atoms with van der Waals surface area (Å²) in [6.07, 6.45) is 0. The molecule has 0 N–H and O–H groups in total. The summed E-state index contributed by atoms with van der Waals surface area (Å²) in [5.41, 5.74) is 5.64. The summed E-state index contributed by atoms with van der Waals surface area (Å²) in [4.78, 5) is 14.2. The molecule has 26 heavy (non-hydrogen) atoms. The maximum absolute atomic E-state index is 5.39. The fourth-order valence-electron chi connectivity index (χ4n) is 3.10. The summed E-state index contributed by atoms with van der Waals surface area (Å²) >= 11 is 0. The first-order valence-corrected chi connectivity index (χ1v) is 8.51. The van der Waals surface area contributed by atoms with Gasteiger partial charge in [-0.25, -0.2) is 15.0 Å². The normalized spacial score (nSPS) is 10.9. The van der Waals surface area contributed by atoms with Gasteiger partial charge >= 0.3 is 0 Å². The van der Waals surface area contributed by atoms with Gasteiger partial charge in [0.05, 0.1) is 18.3 Å². The molecule has 2 aromatic carbocycles. The van der Waals surface area contributed by atoms with Gasteiger partial charge in [-0.15, -0.1) is 0 Å². The third kappa shape index (κ3) is 2.90. The van der Waals surface area contributed by atoms with E-state index in [0.29, 0.717) is 5.82 Å². The van der Waals surface area contributed by atoms with Gasteiger partial charge in [-0.2, -0.15) is 0 Å². The molecule has 0 unspecified atom stereocenters. The lowest BCUT2D eigenvalue weighted by molar-refractivity contribution is 0.412. The molecule has 0 bridgehead atoms. The quantitative estimate of drug-likeness (QED) is 0.527. The largest absolute Gasteiger partial charge is 0.496 e. The fraction of sp³-hybridized carbons (Fsp3) is 0.136. The molecule has 0 aliphatic heterocycles. The first-order valence-electron chi connectivity index (χ1n) is 8.51. The van der Waals surface area contributed by atoms with Gasteiger partial charge in [0.1, 0.15) is 11.4 Å². The van der Waals surface area contributed by atoms with Crippen LogP contribution in [0.4, 0.5) is 0 Å². The summed E-state index contributed by atoms with van der Waals surface area (Å²) in [6.45, 7) is 4.01. The molecule has 0 amide bonds. The lowest BCUT2D eigenvalue weighted by Gasteiger charge is -2.11. The number of aromatic nitrogens is 3. The highest BCUT2D eigenvalue weighted by molar-refractivity contribution is 5.93. The van der Waals surface area contributed by atoms with Crippen LogP contribution in [0, 0.1) is 13.8 Å². The summed E-state index contributed by atoms with van der Waals surface area (Å²) in [5, 5.41) is 1.02. The number of benzene rings is 2. The van der Waals surface area contributed by atoms with E-state index >= 15 is 0 Å². The van der Waals surface area contributed by atoms with E-state index in [9.17, 15) is 0 Å². The maximum Gasteiger partial charge on any atom is 0.179 e. The van der Waals surface area contributed by atoms with Gasteiger partial charge in [-0.1, -0.05) is 24.3 Å². The van der Waals surface area contributed by atoms with Crippen LogP contribution in [0.2, 0.25) is 0 Å². The first-order chi connectivity index (χ1) is 12.7. The smallest absolute Gasteiger partial charge is 0.179 e. The van der Waals surface area contributed by atoms with Gasteiger partial charge in [-0.3, -0.25) is 0 Å². The molecule has 0 fully saturated rings. The molecule has 2 aromatic heterocycles. The molecule has 0 radical (unpaired) electrons. The van der Waals surface area contributed by atoms with E-state index in [1.165, 1.54) is 0 Å². The third-order valence-corrected chi connectivity index (χ3v) is 4.39. The highest BCUT2D eigenvalue weighted by Crippen LogP contribution is 2.31. The predicted molar refractivity (Wildman–Crippen MR) is 104 cm³/mol. The SMILES string of the molecule is COc1ccc(-c2nc(-c3cccc(C)n3)nc3ccccc23)cc1C. The fourth-order valence-corrected chi connectivity index (χ4v) is 3.10. The van der Waals surface area contributed by atoms with Crippen LogP contribution in [-0.2, 0) is 0 Å². The van der Waals surface area contributed by atoms with Gasteiger partial charge in [0.25, 0.3) is 0 Å². The van der Waals surface area contributed by atoms with Crippen LogP contribution in [0.5, 0.6) is 5.75 Å². The van der Waals surface area contributed by atoms with Crippen molar-refractivity contribution in [1.29, 1.82) is 0 Å². The molecule has 4 nitrogen and oxygen atoms in total. The number of nitrogens with zero attached hydrogens (tertiary/aromatic N) is 3. The van der Waals surface area contributed by atoms with Crippen LogP contribution in [0.15, 0.2) is 60.7 Å². The summed E-state index contributed by atoms with van der Waals surface area (Å²) < 4.78 is 5.39. The number of pyridine rings is 1. The van der Waals surface area contributed by atoms with Gasteiger partial charge < -0.3 is 4.74 Å². The van der Waals surface area contributed by atoms with Gasteiger partial charge in [0.2, 0.25) is 0 Å². The molecule has 0 spiro atoms. The Balaban J connectivity index is 1.97. The average Bonchev–Trinajstić information content (AvgIpc) is 2.67. The molecule has 0 saturated heterocycles. The molecule has 0 aliphatic rings. The van der Waals surface area contributed by atoms with Crippen molar-refractivity contribution in [2.24, 2.45) is 0 Å². The minimum absolute atomic E-state index is 0.635. The lowest BCUT2D eigenvalue weighted by atomic mass is 10.0. The van der Waals surface area contributed by atoms with Crippen molar-refractivity contribution in [3.63, 3.8) is 0 Å². The number of fused-ring (bicyclic) bond motifs is 1. The van der Waals surface area contributed by atoms with E-state index < -0.39 is 0 Å². The standard InChI is InChI=1S/C22H19N3O/c1-14-13-16(11-12-20(14)26-3)21-17-8-4-5-9-18(17)24-22(25-21)19-10-6-7-15(2)23-19/h4-13H,1-3H3. The summed E-state index contributed by atoms with van der Waals surface area (Å²) in [5.74, 6) is 1.50. The Labute approximate surface area is 152 Å². The third-order valence-electron chi connectivity index (χ3n) is 4.39. The molecule has 0 atom stereocenters. The summed E-state index contributed by atoms with van der Waals surface area (Å²) in [6, 6.07) is 20.1. The predicted octanol–water partition coefficient (Wildman–Crippen LogP) is 4.98. The van der Waals surface area contributed by atoms with Crippen LogP contribution in [0.1, 0.15) is 11.3 Å². The molecule has 4 rings (SSSR count). The number of aryl methyl sites for hydroxylation is 2. The van der Waals surface area contributed by atoms with Crippen molar-refractivity contribution in [1.82, 2.24) is 15.0 Å². The van der Waals surface area contributed by atoms with E-state index in [0.717, 1.165) is 44.9 Å². The van der Waals surface area contributed by atoms with Gasteiger partial charge in [-0.05, 0) is 55.8 Å². The molecular formula is C22H19N3O. The van der Waals surface area contributed by atoms with Gasteiger partial charge in [0, 0.05) is 16.6 Å². The Morgan fingerprint density at radius 1 is 0.808 bits per heavy atom. The molecule has 128 valence electrons. The second-order valence-corrected chi connectivity index (χ2v) is 6.26. The Bertz CT molecular complexity index is 1110. The van der Waals surface area contributed by atoms with Crippen LogP contribution >= 0.6 is 0 Å². The number of hydrogen-bond acceptors (Lipinski definition) is 4. The Hall–Kier alpha value is -3.27. The van der Waals surface area contributed by atoms with E-state index in [-0.39, 0.29) is 0 Å². The molecular weight excluding hydrogens is 322 g/mol. The van der Waals surface area contributed by atoms with Crippen molar-refractivity contribution in [2.75, 3.05) is 7.11 Å². The highest BCUT2D eigenvalue weighted by Gasteiger charge is 2.13. The van der Waals surface area contributed by atoms with Crippen LogP contribution in [-0.4, -0.2) is 22.1 Å². The molecule has 2 heterocycles. The second kappa shape index (κ2) is 6.56. The minimum Gasteiger partial charge on any atom is -0.496 e. The van der Waals surface area contributed by atoms with E-state index in [2.05, 4.69) is 17.1 Å². The molecule has 4 heteroatoms. The van der Waals surface area contributed by atoms with E-state index in [4.69, 9.17) is 14.7 Å². The average molecular weight is 341 g/mol. The first kappa shape index (κ1) is 16.2. The summed E-state index contributed by atoms with van der Waals surface area (Å²) in [7, 11) is 1.68. The van der Waals surface area contributed by atoms with Crippen molar-refractivity contribution in [3.8, 4) is 28.5 Å². The Kier molecular flexibility index (Phi) is 4.09. The number of para-hydroxylation sites is 1. The lowest BCUT2D eigenvalue weighted by Crippen LogP contribution is -1.98. The van der Waals surface area contributed by atoms with Gasteiger partial charge in [0.15, 0.2) is 5.82 Å². The van der Waals surface area contributed by atoms with Crippen molar-refractivity contribution >= 4 is 10.9 Å². The molecule has 0 aliphatic carbocycles. The van der Waals surface area contributed by atoms with Crippen molar-refractivity contribution in [3.05, 3.63) is 71.9 Å². The van der Waals surface area contributed by atoms with Crippen molar-refractivity contribution in [2.45, 2.75) is 13.8 Å². The minimum atomic E-state index is 0.635. The maximum atomic E-state index is 5.39. The second-order valence-electron chi connectivity index (χ2n) is 6.26. The topological polar surface area (TPSA) is 47.9 Å². The number of methoxy groups -OCH3 is 1. The van der Waals surface area contributed by atoms with Crippen LogP contribution in [0.25, 0.3) is 33.7 Å². The molecule has 4 aromatic rings. The molecule has 0 saturated carbocycles.